The normalized spacial score (nSPS) is 20.2. The molecule has 1 aliphatic carbocycles. The maximum Gasteiger partial charge on any atom is 0.261 e. The van der Waals surface area contributed by atoms with E-state index in [1.165, 1.54) is 0 Å². The predicted molar refractivity (Wildman–Crippen MR) is 126 cm³/mol. The maximum absolute atomic E-state index is 13.6. The second kappa shape index (κ2) is 8.25. The van der Waals surface area contributed by atoms with Crippen LogP contribution < -0.4 is 10.5 Å². The summed E-state index contributed by atoms with van der Waals surface area (Å²) in [5, 5.41) is 20.2. The second-order valence-electron chi connectivity index (χ2n) is 8.84. The molecule has 2 aromatic carbocycles. The first-order chi connectivity index (χ1) is 15.6. The highest BCUT2D eigenvalue weighted by Crippen LogP contribution is 2.36. The number of benzene rings is 2. The zero-order chi connectivity index (χ0) is 22.2. The molecule has 0 bridgehead atoms. The van der Waals surface area contributed by atoms with Gasteiger partial charge in [-0.05, 0) is 48.6 Å². The predicted octanol–water partition coefficient (Wildman–Crippen LogP) is 3.80. The zero-order valence-electron chi connectivity index (χ0n) is 18.2. The minimum Gasteiger partial charge on any atom is -0.391 e. The number of nitriles is 1. The Morgan fingerprint density at radius 1 is 1.22 bits per heavy atom. The SMILES string of the molecule is CN1CC=Cc2c(Cc3ccc(C#N)cc3)cc3c(=O)n(C4CCCCC4O)cnc3c21. The van der Waals surface area contributed by atoms with Crippen molar-refractivity contribution in [2.45, 2.75) is 44.2 Å². The highest BCUT2D eigenvalue weighted by molar-refractivity contribution is 5.97. The number of nitrogens with zero attached hydrogens (tertiary/aromatic N) is 4. The van der Waals surface area contributed by atoms with Crippen LogP contribution in [0.15, 0.2) is 47.5 Å². The number of aliphatic hydroxyl groups excluding tert-OH is 1. The van der Waals surface area contributed by atoms with E-state index < -0.39 is 6.10 Å². The van der Waals surface area contributed by atoms with E-state index in [0.717, 1.165) is 54.6 Å². The lowest BCUT2D eigenvalue weighted by molar-refractivity contribution is 0.0735. The number of likely N-dealkylation sites (N-methyl/N-ethyl adjacent to an activating group) is 1. The van der Waals surface area contributed by atoms with Gasteiger partial charge >= 0.3 is 0 Å². The fraction of sp³-hybridized carbons (Fsp3) is 0.346. The summed E-state index contributed by atoms with van der Waals surface area (Å²) >= 11 is 0. The molecule has 1 fully saturated rings. The lowest BCUT2D eigenvalue weighted by atomic mass is 9.91. The van der Waals surface area contributed by atoms with Crippen molar-refractivity contribution < 1.29 is 5.11 Å². The molecule has 1 aliphatic heterocycles. The van der Waals surface area contributed by atoms with E-state index >= 15 is 0 Å². The molecule has 1 saturated carbocycles. The number of hydrogen-bond donors (Lipinski definition) is 1. The molecule has 2 heterocycles. The summed E-state index contributed by atoms with van der Waals surface area (Å²) in [6.45, 7) is 0.758. The zero-order valence-corrected chi connectivity index (χ0v) is 18.2. The summed E-state index contributed by atoms with van der Waals surface area (Å²) < 4.78 is 1.64. The quantitative estimate of drug-likeness (QED) is 0.689. The van der Waals surface area contributed by atoms with Gasteiger partial charge in [0, 0.05) is 19.2 Å². The van der Waals surface area contributed by atoms with Crippen LogP contribution in [0.5, 0.6) is 0 Å². The van der Waals surface area contributed by atoms with Gasteiger partial charge in [-0.2, -0.15) is 5.26 Å². The van der Waals surface area contributed by atoms with Gasteiger partial charge in [0.25, 0.3) is 5.56 Å². The Balaban J connectivity index is 1.67. The second-order valence-corrected chi connectivity index (χ2v) is 8.84. The van der Waals surface area contributed by atoms with Gasteiger partial charge < -0.3 is 10.0 Å². The Morgan fingerprint density at radius 2 is 2.00 bits per heavy atom. The Bertz CT molecular complexity index is 1300. The Labute approximate surface area is 187 Å². The third-order valence-corrected chi connectivity index (χ3v) is 6.75. The first-order valence-corrected chi connectivity index (χ1v) is 11.2. The van der Waals surface area contributed by atoms with Crippen molar-refractivity contribution in [1.82, 2.24) is 9.55 Å². The molecule has 2 aliphatic rings. The molecule has 2 atom stereocenters. The summed E-state index contributed by atoms with van der Waals surface area (Å²) in [4.78, 5) is 20.5. The van der Waals surface area contributed by atoms with Gasteiger partial charge in [-0.1, -0.05) is 37.1 Å². The lowest BCUT2D eigenvalue weighted by Gasteiger charge is -2.30. The molecule has 0 spiro atoms. The van der Waals surface area contributed by atoms with E-state index in [1.807, 2.05) is 37.4 Å². The highest BCUT2D eigenvalue weighted by atomic mass is 16.3. The van der Waals surface area contributed by atoms with Gasteiger partial charge in [-0.3, -0.25) is 9.36 Å². The molecule has 162 valence electrons. The van der Waals surface area contributed by atoms with Crippen LogP contribution in [0.2, 0.25) is 0 Å². The number of hydrogen-bond acceptors (Lipinski definition) is 5. The molecule has 1 N–H and O–H groups in total. The van der Waals surface area contributed by atoms with E-state index in [9.17, 15) is 9.90 Å². The minimum absolute atomic E-state index is 0.0900. The van der Waals surface area contributed by atoms with Crippen LogP contribution in [0, 0.1) is 11.3 Å². The van der Waals surface area contributed by atoms with Crippen molar-refractivity contribution in [1.29, 1.82) is 5.26 Å². The van der Waals surface area contributed by atoms with E-state index in [-0.39, 0.29) is 11.6 Å². The molecule has 3 aromatic rings. The van der Waals surface area contributed by atoms with Crippen LogP contribution in [-0.2, 0) is 6.42 Å². The summed E-state index contributed by atoms with van der Waals surface area (Å²) in [5.74, 6) is 0. The summed E-state index contributed by atoms with van der Waals surface area (Å²) in [5.41, 5.74) is 5.45. The Morgan fingerprint density at radius 3 is 2.75 bits per heavy atom. The molecule has 0 saturated heterocycles. The van der Waals surface area contributed by atoms with Crippen molar-refractivity contribution in [3.8, 4) is 6.07 Å². The van der Waals surface area contributed by atoms with Crippen molar-refractivity contribution in [2.75, 3.05) is 18.5 Å². The maximum atomic E-state index is 13.6. The van der Waals surface area contributed by atoms with E-state index in [1.54, 1.807) is 10.9 Å². The van der Waals surface area contributed by atoms with Gasteiger partial charge in [0.2, 0.25) is 0 Å². The smallest absolute Gasteiger partial charge is 0.261 e. The van der Waals surface area contributed by atoms with E-state index in [0.29, 0.717) is 22.9 Å². The van der Waals surface area contributed by atoms with E-state index in [2.05, 4.69) is 23.1 Å². The molecule has 6 nitrogen and oxygen atoms in total. The number of rotatable bonds is 3. The molecule has 0 amide bonds. The van der Waals surface area contributed by atoms with Gasteiger partial charge in [0.1, 0.15) is 5.52 Å². The molecule has 2 unspecified atom stereocenters. The van der Waals surface area contributed by atoms with Crippen LogP contribution in [0.3, 0.4) is 0 Å². The third-order valence-electron chi connectivity index (χ3n) is 6.75. The van der Waals surface area contributed by atoms with Gasteiger partial charge in [0.05, 0.1) is 41.2 Å². The van der Waals surface area contributed by atoms with Crippen molar-refractivity contribution in [3.05, 3.63) is 75.3 Å². The first-order valence-electron chi connectivity index (χ1n) is 11.2. The lowest BCUT2D eigenvalue weighted by Crippen LogP contribution is -2.35. The summed E-state index contributed by atoms with van der Waals surface area (Å²) in [6.07, 6.45) is 9.51. The van der Waals surface area contributed by atoms with E-state index in [4.69, 9.17) is 10.2 Å². The topological polar surface area (TPSA) is 82.2 Å². The first kappa shape index (κ1) is 20.5. The van der Waals surface area contributed by atoms with Crippen LogP contribution in [0.4, 0.5) is 5.69 Å². The molecule has 1 aromatic heterocycles. The van der Waals surface area contributed by atoms with Gasteiger partial charge in [0.15, 0.2) is 0 Å². The number of aliphatic hydroxyl groups is 1. The van der Waals surface area contributed by atoms with Crippen molar-refractivity contribution in [2.24, 2.45) is 0 Å². The Kier molecular flexibility index (Phi) is 5.28. The molecule has 6 heteroatoms. The van der Waals surface area contributed by atoms with Crippen molar-refractivity contribution in [3.63, 3.8) is 0 Å². The Hall–Kier alpha value is -3.43. The number of fused-ring (bicyclic) bond motifs is 3. The average Bonchev–Trinajstić information content (AvgIpc) is 2.81. The average molecular weight is 427 g/mol. The van der Waals surface area contributed by atoms with Crippen LogP contribution in [0.25, 0.3) is 17.0 Å². The standard InChI is InChI=1S/C26H26N4O2/c1-29-12-4-5-20-19(13-17-8-10-18(15-27)11-9-17)14-21-24(25(20)29)28-16-30(26(21)32)22-6-2-3-7-23(22)31/h4-5,8-11,14,16,22-23,31H,2-3,6-7,12-13H2,1H3. The van der Waals surface area contributed by atoms with Crippen LogP contribution >= 0.6 is 0 Å². The van der Waals surface area contributed by atoms with Gasteiger partial charge in [-0.15, -0.1) is 0 Å². The number of anilines is 1. The molecular weight excluding hydrogens is 400 g/mol. The summed E-state index contributed by atoms with van der Waals surface area (Å²) in [7, 11) is 2.02. The largest absolute Gasteiger partial charge is 0.391 e. The molecule has 0 radical (unpaired) electrons. The third kappa shape index (κ3) is 3.49. The van der Waals surface area contributed by atoms with Crippen LogP contribution in [0.1, 0.15) is 54.0 Å². The molecule has 5 rings (SSSR count). The monoisotopic (exact) mass is 426 g/mol. The highest BCUT2D eigenvalue weighted by Gasteiger charge is 2.27. The van der Waals surface area contributed by atoms with Crippen molar-refractivity contribution >= 4 is 22.7 Å². The summed E-state index contributed by atoms with van der Waals surface area (Å²) in [6, 6.07) is 11.5. The fourth-order valence-corrected chi connectivity index (χ4v) is 5.04. The minimum atomic E-state index is -0.512. The molecule has 32 heavy (non-hydrogen) atoms. The molecular formula is C26H26N4O2. The number of aromatic nitrogens is 2. The van der Waals surface area contributed by atoms with Gasteiger partial charge in [-0.25, -0.2) is 4.98 Å². The van der Waals surface area contributed by atoms with Crippen LogP contribution in [-0.4, -0.2) is 34.4 Å². The fourth-order valence-electron chi connectivity index (χ4n) is 5.04.